The Labute approximate surface area is 135 Å². The molecule has 2 aromatic rings. The number of aromatic nitrogens is 1. The van der Waals surface area contributed by atoms with Gasteiger partial charge in [-0.25, -0.2) is 4.98 Å². The van der Waals surface area contributed by atoms with E-state index in [2.05, 4.69) is 15.6 Å². The molecule has 2 aliphatic carbocycles. The van der Waals surface area contributed by atoms with Crippen molar-refractivity contribution < 1.29 is 9.21 Å². The van der Waals surface area contributed by atoms with E-state index in [1.54, 1.807) is 0 Å². The SMILES string of the molecule is Cl.O=C(CNCC1CC1)Nc1ccc2oc(C3CC3)nc2c1. The van der Waals surface area contributed by atoms with Crippen molar-refractivity contribution in [3.8, 4) is 0 Å². The van der Waals surface area contributed by atoms with Crippen molar-refractivity contribution in [1.82, 2.24) is 10.3 Å². The molecule has 5 nitrogen and oxygen atoms in total. The van der Waals surface area contributed by atoms with Crippen LogP contribution in [-0.4, -0.2) is 24.0 Å². The smallest absolute Gasteiger partial charge is 0.238 e. The lowest BCUT2D eigenvalue weighted by atomic mass is 10.3. The first-order valence-electron chi connectivity index (χ1n) is 7.69. The lowest BCUT2D eigenvalue weighted by molar-refractivity contribution is -0.115. The molecule has 0 unspecified atom stereocenters. The van der Waals surface area contributed by atoms with E-state index in [-0.39, 0.29) is 18.3 Å². The Morgan fingerprint density at radius 3 is 2.82 bits per heavy atom. The maximum absolute atomic E-state index is 11.9. The van der Waals surface area contributed by atoms with Gasteiger partial charge in [0.05, 0.1) is 6.54 Å². The van der Waals surface area contributed by atoms with Crippen molar-refractivity contribution in [2.24, 2.45) is 5.92 Å². The van der Waals surface area contributed by atoms with Gasteiger partial charge in [-0.3, -0.25) is 4.79 Å². The van der Waals surface area contributed by atoms with Gasteiger partial charge in [-0.1, -0.05) is 0 Å². The molecule has 4 rings (SSSR count). The van der Waals surface area contributed by atoms with Crippen molar-refractivity contribution >= 4 is 35.1 Å². The molecule has 1 heterocycles. The van der Waals surface area contributed by atoms with Gasteiger partial charge in [-0.05, 0) is 56.3 Å². The summed E-state index contributed by atoms with van der Waals surface area (Å²) in [7, 11) is 0. The van der Waals surface area contributed by atoms with E-state index in [9.17, 15) is 4.79 Å². The molecule has 2 fully saturated rings. The second kappa shape index (κ2) is 6.26. The van der Waals surface area contributed by atoms with Crippen LogP contribution in [0.2, 0.25) is 0 Å². The van der Waals surface area contributed by atoms with Crippen molar-refractivity contribution in [3.63, 3.8) is 0 Å². The average Bonchev–Trinajstić information content (AvgIpc) is 3.37. The average molecular weight is 322 g/mol. The van der Waals surface area contributed by atoms with Crippen LogP contribution in [0, 0.1) is 5.92 Å². The molecular formula is C16H20ClN3O2. The molecule has 2 aliphatic rings. The van der Waals surface area contributed by atoms with Crippen molar-refractivity contribution in [2.75, 3.05) is 18.4 Å². The second-order valence-electron chi connectivity index (χ2n) is 6.13. The normalized spacial score (nSPS) is 17.3. The van der Waals surface area contributed by atoms with Crippen LogP contribution in [0.15, 0.2) is 22.6 Å². The van der Waals surface area contributed by atoms with Crippen LogP contribution in [0.5, 0.6) is 0 Å². The van der Waals surface area contributed by atoms with Gasteiger partial charge in [0.2, 0.25) is 5.91 Å². The maximum atomic E-state index is 11.9. The van der Waals surface area contributed by atoms with Gasteiger partial charge in [0.25, 0.3) is 0 Å². The molecule has 6 heteroatoms. The molecule has 2 N–H and O–H groups in total. The van der Waals surface area contributed by atoms with Gasteiger partial charge < -0.3 is 15.1 Å². The number of carbonyl (C=O) groups excluding carboxylic acids is 1. The van der Waals surface area contributed by atoms with E-state index >= 15 is 0 Å². The van der Waals surface area contributed by atoms with Gasteiger partial charge >= 0.3 is 0 Å². The first-order valence-corrected chi connectivity index (χ1v) is 7.69. The molecule has 22 heavy (non-hydrogen) atoms. The number of hydrogen-bond donors (Lipinski definition) is 2. The van der Waals surface area contributed by atoms with Crippen LogP contribution < -0.4 is 10.6 Å². The number of oxazole rings is 1. The number of nitrogens with one attached hydrogen (secondary N) is 2. The Morgan fingerprint density at radius 2 is 2.09 bits per heavy atom. The van der Waals surface area contributed by atoms with Gasteiger partial charge in [-0.2, -0.15) is 0 Å². The molecule has 1 amide bonds. The third kappa shape index (κ3) is 3.59. The van der Waals surface area contributed by atoms with Crippen LogP contribution >= 0.6 is 12.4 Å². The summed E-state index contributed by atoms with van der Waals surface area (Å²) in [5, 5.41) is 6.08. The molecule has 0 spiro atoms. The molecule has 2 saturated carbocycles. The highest BCUT2D eigenvalue weighted by atomic mass is 35.5. The number of hydrogen-bond acceptors (Lipinski definition) is 4. The number of rotatable bonds is 6. The summed E-state index contributed by atoms with van der Waals surface area (Å²) in [5.74, 6) is 2.10. The molecule has 0 radical (unpaired) electrons. The minimum atomic E-state index is -0.0130. The van der Waals surface area contributed by atoms with Crippen LogP contribution in [-0.2, 0) is 4.79 Å². The lowest BCUT2D eigenvalue weighted by Crippen LogP contribution is -2.29. The Morgan fingerprint density at radius 1 is 1.27 bits per heavy atom. The predicted octanol–water partition coefficient (Wildman–Crippen LogP) is 3.07. The quantitative estimate of drug-likeness (QED) is 0.858. The summed E-state index contributed by atoms with van der Waals surface area (Å²) >= 11 is 0. The van der Waals surface area contributed by atoms with Gasteiger partial charge in [-0.15, -0.1) is 12.4 Å². The van der Waals surface area contributed by atoms with Crippen LogP contribution in [0.3, 0.4) is 0 Å². The van der Waals surface area contributed by atoms with E-state index in [1.807, 2.05) is 18.2 Å². The largest absolute Gasteiger partial charge is 0.440 e. The number of anilines is 1. The molecule has 1 aromatic carbocycles. The zero-order valence-corrected chi connectivity index (χ0v) is 13.1. The fourth-order valence-electron chi connectivity index (χ4n) is 2.44. The monoisotopic (exact) mass is 321 g/mol. The summed E-state index contributed by atoms with van der Waals surface area (Å²) in [6.07, 6.45) is 4.92. The van der Waals surface area contributed by atoms with E-state index in [0.717, 1.165) is 35.1 Å². The number of nitrogens with zero attached hydrogens (tertiary/aromatic N) is 1. The van der Waals surface area contributed by atoms with E-state index in [4.69, 9.17) is 4.42 Å². The fourth-order valence-corrected chi connectivity index (χ4v) is 2.44. The zero-order chi connectivity index (χ0) is 14.2. The highest BCUT2D eigenvalue weighted by Gasteiger charge is 2.28. The third-order valence-electron chi connectivity index (χ3n) is 4.03. The van der Waals surface area contributed by atoms with Gasteiger partial charge in [0.1, 0.15) is 5.52 Å². The van der Waals surface area contributed by atoms with Crippen LogP contribution in [0.1, 0.15) is 37.5 Å². The number of carbonyl (C=O) groups is 1. The minimum Gasteiger partial charge on any atom is -0.440 e. The minimum absolute atomic E-state index is 0. The number of halogens is 1. The summed E-state index contributed by atoms with van der Waals surface area (Å²) < 4.78 is 5.71. The van der Waals surface area contributed by atoms with E-state index < -0.39 is 0 Å². The first-order chi connectivity index (χ1) is 10.3. The summed E-state index contributed by atoms with van der Waals surface area (Å²) in [4.78, 5) is 16.4. The van der Waals surface area contributed by atoms with Crippen LogP contribution in [0.25, 0.3) is 11.1 Å². The number of fused-ring (bicyclic) bond motifs is 1. The zero-order valence-electron chi connectivity index (χ0n) is 12.3. The molecule has 118 valence electrons. The van der Waals surface area contributed by atoms with E-state index in [1.165, 1.54) is 25.7 Å². The summed E-state index contributed by atoms with van der Waals surface area (Å²) in [6.45, 7) is 1.31. The molecule has 0 atom stereocenters. The molecule has 0 aliphatic heterocycles. The Bertz CT molecular complexity index is 677. The number of benzene rings is 1. The van der Waals surface area contributed by atoms with Crippen molar-refractivity contribution in [1.29, 1.82) is 0 Å². The highest BCUT2D eigenvalue weighted by molar-refractivity contribution is 5.94. The van der Waals surface area contributed by atoms with Gasteiger partial charge in [0.15, 0.2) is 11.5 Å². The lowest BCUT2D eigenvalue weighted by Gasteiger charge is -2.05. The standard InChI is InChI=1S/C16H19N3O2.ClH/c20-15(9-17-8-10-1-2-10)18-12-5-6-14-13(7-12)19-16(21-14)11-3-4-11;/h5-7,10-11,17H,1-4,8-9H2,(H,18,20);1H. The molecule has 1 aromatic heterocycles. The third-order valence-corrected chi connectivity index (χ3v) is 4.03. The molecule has 0 saturated heterocycles. The van der Waals surface area contributed by atoms with Crippen molar-refractivity contribution in [2.45, 2.75) is 31.6 Å². The molecular weight excluding hydrogens is 302 g/mol. The van der Waals surface area contributed by atoms with E-state index in [0.29, 0.717) is 12.5 Å². The van der Waals surface area contributed by atoms with Gasteiger partial charge in [0, 0.05) is 11.6 Å². The highest BCUT2D eigenvalue weighted by Crippen LogP contribution is 2.40. The topological polar surface area (TPSA) is 67.2 Å². The summed E-state index contributed by atoms with van der Waals surface area (Å²) in [5.41, 5.74) is 2.39. The van der Waals surface area contributed by atoms with Crippen molar-refractivity contribution in [3.05, 3.63) is 24.1 Å². The molecule has 0 bridgehead atoms. The van der Waals surface area contributed by atoms with Crippen LogP contribution in [0.4, 0.5) is 5.69 Å². The summed E-state index contributed by atoms with van der Waals surface area (Å²) in [6, 6.07) is 5.62. The number of amides is 1. The Kier molecular flexibility index (Phi) is 4.36. The predicted molar refractivity (Wildman–Crippen MR) is 87.5 cm³/mol. The Hall–Kier alpha value is -1.59. The maximum Gasteiger partial charge on any atom is 0.238 e. The Balaban J connectivity index is 0.00000144. The first kappa shape index (κ1) is 15.3. The second-order valence-corrected chi connectivity index (χ2v) is 6.13. The fraction of sp³-hybridized carbons (Fsp3) is 0.500.